The highest BCUT2D eigenvalue weighted by Gasteiger charge is 2.42. The van der Waals surface area contributed by atoms with Crippen LogP contribution in [0.4, 0.5) is 5.69 Å². The first-order valence-corrected chi connectivity index (χ1v) is 7.22. The maximum atomic E-state index is 11.9. The van der Waals surface area contributed by atoms with Crippen molar-refractivity contribution in [3.8, 4) is 0 Å². The van der Waals surface area contributed by atoms with Gasteiger partial charge in [-0.15, -0.1) is 0 Å². The second-order valence-corrected chi connectivity index (χ2v) is 5.57. The van der Waals surface area contributed by atoms with Crippen LogP contribution in [0, 0.1) is 0 Å². The molecule has 0 heterocycles. The van der Waals surface area contributed by atoms with Gasteiger partial charge in [0.2, 0.25) is 0 Å². The number of esters is 1. The molecule has 0 radical (unpaired) electrons. The predicted molar refractivity (Wildman–Crippen MR) is 77.0 cm³/mol. The highest BCUT2D eigenvalue weighted by Crippen LogP contribution is 2.46. The summed E-state index contributed by atoms with van der Waals surface area (Å²) in [5, 5.41) is 0.538. The van der Waals surface area contributed by atoms with E-state index < -0.39 is 5.60 Å². The van der Waals surface area contributed by atoms with Crippen LogP contribution in [0.1, 0.15) is 51.0 Å². The van der Waals surface area contributed by atoms with Crippen molar-refractivity contribution in [3.63, 3.8) is 0 Å². The first kappa shape index (κ1) is 14.2. The molecule has 2 rings (SSSR count). The quantitative estimate of drug-likeness (QED) is 0.655. The molecule has 1 aromatic rings. The Morgan fingerprint density at radius 1 is 1.47 bits per heavy atom. The van der Waals surface area contributed by atoms with Gasteiger partial charge in [-0.2, -0.15) is 0 Å². The second-order valence-electron chi connectivity index (χ2n) is 5.16. The van der Waals surface area contributed by atoms with Gasteiger partial charge in [0.25, 0.3) is 0 Å². The number of nitrogen functional groups attached to an aromatic ring is 1. The fraction of sp³-hybridized carbons (Fsp3) is 0.533. The van der Waals surface area contributed by atoms with Gasteiger partial charge < -0.3 is 10.5 Å². The van der Waals surface area contributed by atoms with Gasteiger partial charge in [-0.1, -0.05) is 31.0 Å². The highest BCUT2D eigenvalue weighted by molar-refractivity contribution is 6.33. The van der Waals surface area contributed by atoms with Gasteiger partial charge in [-0.05, 0) is 43.4 Å². The lowest BCUT2D eigenvalue weighted by atomic mass is 9.74. The number of ether oxygens (including phenoxy) is 1. The van der Waals surface area contributed by atoms with E-state index in [1.807, 2.05) is 12.1 Å². The monoisotopic (exact) mass is 281 g/mol. The normalized spacial score (nSPS) is 16.7. The van der Waals surface area contributed by atoms with E-state index in [9.17, 15) is 4.79 Å². The SMILES string of the molecule is CCCCC(=O)OC1(c2ccc(Cl)c(N)c2)CCC1. The van der Waals surface area contributed by atoms with Crippen LogP contribution in [0.15, 0.2) is 18.2 Å². The largest absolute Gasteiger partial charge is 0.454 e. The summed E-state index contributed by atoms with van der Waals surface area (Å²) < 4.78 is 5.72. The van der Waals surface area contributed by atoms with E-state index >= 15 is 0 Å². The molecule has 0 bridgehead atoms. The van der Waals surface area contributed by atoms with Gasteiger partial charge >= 0.3 is 5.97 Å². The first-order valence-electron chi connectivity index (χ1n) is 6.85. The first-order chi connectivity index (χ1) is 9.07. The molecular formula is C15H20ClNO2. The van der Waals surface area contributed by atoms with Crippen molar-refractivity contribution >= 4 is 23.3 Å². The molecule has 1 fully saturated rings. The van der Waals surface area contributed by atoms with Crippen molar-refractivity contribution in [2.24, 2.45) is 0 Å². The minimum atomic E-state index is -0.469. The smallest absolute Gasteiger partial charge is 0.306 e. The number of carbonyl (C=O) groups excluding carboxylic acids is 1. The Morgan fingerprint density at radius 3 is 2.74 bits per heavy atom. The Labute approximate surface area is 119 Å². The summed E-state index contributed by atoms with van der Waals surface area (Å²) in [4.78, 5) is 11.9. The van der Waals surface area contributed by atoms with Crippen LogP contribution in [0.2, 0.25) is 5.02 Å². The zero-order valence-corrected chi connectivity index (χ0v) is 12.0. The lowest BCUT2D eigenvalue weighted by Crippen LogP contribution is -2.39. The number of unbranched alkanes of at least 4 members (excludes halogenated alkanes) is 1. The predicted octanol–water partition coefficient (Wildman–Crippen LogP) is 4.03. The summed E-state index contributed by atoms with van der Waals surface area (Å²) in [7, 11) is 0. The summed E-state index contributed by atoms with van der Waals surface area (Å²) in [6, 6.07) is 5.51. The molecule has 1 saturated carbocycles. The molecule has 104 valence electrons. The summed E-state index contributed by atoms with van der Waals surface area (Å²) >= 11 is 5.93. The average molecular weight is 282 g/mol. The summed E-state index contributed by atoms with van der Waals surface area (Å²) in [5.41, 5.74) is 6.87. The fourth-order valence-electron chi connectivity index (χ4n) is 2.36. The van der Waals surface area contributed by atoms with E-state index in [0.717, 1.165) is 37.7 Å². The Kier molecular flexibility index (Phi) is 4.35. The number of nitrogens with two attached hydrogens (primary N) is 1. The van der Waals surface area contributed by atoms with Crippen LogP contribution < -0.4 is 5.73 Å². The van der Waals surface area contributed by atoms with Gasteiger partial charge in [-0.3, -0.25) is 4.79 Å². The number of benzene rings is 1. The second kappa shape index (κ2) is 5.83. The minimum Gasteiger partial charge on any atom is -0.454 e. The van der Waals surface area contributed by atoms with Gasteiger partial charge in [0.05, 0.1) is 10.7 Å². The molecule has 0 aromatic heterocycles. The number of hydrogen-bond donors (Lipinski definition) is 1. The molecule has 4 heteroatoms. The van der Waals surface area contributed by atoms with Crippen molar-refractivity contribution in [2.75, 3.05) is 5.73 Å². The van der Waals surface area contributed by atoms with Crippen LogP contribution in [-0.4, -0.2) is 5.97 Å². The van der Waals surface area contributed by atoms with Gasteiger partial charge in [0.1, 0.15) is 5.60 Å². The molecule has 0 spiro atoms. The van der Waals surface area contributed by atoms with Crippen molar-refractivity contribution in [1.29, 1.82) is 0 Å². The molecule has 2 N–H and O–H groups in total. The number of hydrogen-bond acceptors (Lipinski definition) is 3. The van der Waals surface area contributed by atoms with Crippen LogP contribution >= 0.6 is 11.6 Å². The third-order valence-electron chi connectivity index (χ3n) is 3.73. The maximum absolute atomic E-state index is 11.9. The minimum absolute atomic E-state index is 0.116. The molecule has 3 nitrogen and oxygen atoms in total. The molecule has 1 aromatic carbocycles. The van der Waals surface area contributed by atoms with Crippen molar-refractivity contribution in [1.82, 2.24) is 0 Å². The van der Waals surface area contributed by atoms with Crippen molar-refractivity contribution in [2.45, 2.75) is 51.0 Å². The zero-order valence-electron chi connectivity index (χ0n) is 11.2. The van der Waals surface area contributed by atoms with Gasteiger partial charge in [0, 0.05) is 6.42 Å². The molecule has 0 unspecified atom stereocenters. The molecular weight excluding hydrogens is 262 g/mol. The molecule has 0 amide bonds. The van der Waals surface area contributed by atoms with E-state index in [1.165, 1.54) is 0 Å². The Morgan fingerprint density at radius 2 is 2.21 bits per heavy atom. The molecule has 19 heavy (non-hydrogen) atoms. The van der Waals surface area contributed by atoms with Crippen molar-refractivity contribution in [3.05, 3.63) is 28.8 Å². The molecule has 0 saturated heterocycles. The molecule has 1 aliphatic carbocycles. The Balaban J connectivity index is 2.13. The third kappa shape index (κ3) is 3.03. The van der Waals surface area contributed by atoms with E-state index in [2.05, 4.69) is 6.92 Å². The summed E-state index contributed by atoms with van der Waals surface area (Å²) in [6.07, 6.45) is 5.16. The van der Waals surface area contributed by atoms with Gasteiger partial charge in [-0.25, -0.2) is 0 Å². The van der Waals surface area contributed by atoms with E-state index in [0.29, 0.717) is 17.1 Å². The molecule has 0 aliphatic heterocycles. The molecule has 0 atom stereocenters. The maximum Gasteiger partial charge on any atom is 0.306 e. The number of rotatable bonds is 5. The number of anilines is 1. The highest BCUT2D eigenvalue weighted by atomic mass is 35.5. The Bertz CT molecular complexity index is 469. The van der Waals surface area contributed by atoms with Gasteiger partial charge in [0.15, 0.2) is 0 Å². The topological polar surface area (TPSA) is 52.3 Å². The average Bonchev–Trinajstić information content (AvgIpc) is 2.35. The lowest BCUT2D eigenvalue weighted by molar-refractivity contribution is -0.171. The summed E-state index contributed by atoms with van der Waals surface area (Å²) in [6.45, 7) is 2.06. The van der Waals surface area contributed by atoms with E-state index in [-0.39, 0.29) is 5.97 Å². The third-order valence-corrected chi connectivity index (χ3v) is 4.07. The van der Waals surface area contributed by atoms with Crippen LogP contribution in [0.5, 0.6) is 0 Å². The number of carbonyl (C=O) groups is 1. The van der Waals surface area contributed by atoms with Crippen molar-refractivity contribution < 1.29 is 9.53 Å². The number of halogens is 1. The van der Waals surface area contributed by atoms with Crippen LogP contribution in [0.25, 0.3) is 0 Å². The molecule has 1 aliphatic rings. The lowest BCUT2D eigenvalue weighted by Gasteiger charge is -2.41. The van der Waals surface area contributed by atoms with Crippen LogP contribution in [-0.2, 0) is 15.1 Å². The standard InChI is InChI=1S/C15H20ClNO2/c1-2-3-5-14(18)19-15(8-4-9-15)11-6-7-12(16)13(17)10-11/h6-7,10H,2-5,8-9,17H2,1H3. The summed E-state index contributed by atoms with van der Waals surface area (Å²) in [5.74, 6) is -0.116. The van der Waals surface area contributed by atoms with E-state index in [1.54, 1.807) is 6.07 Å². The fourth-order valence-corrected chi connectivity index (χ4v) is 2.48. The zero-order chi connectivity index (χ0) is 13.9. The van der Waals surface area contributed by atoms with Crippen LogP contribution in [0.3, 0.4) is 0 Å². The Hall–Kier alpha value is -1.22. The van der Waals surface area contributed by atoms with E-state index in [4.69, 9.17) is 22.1 Å².